The van der Waals surface area contributed by atoms with E-state index < -0.39 is 24.5 Å². The molecule has 0 spiro atoms. The van der Waals surface area contributed by atoms with Gasteiger partial charge in [-0.15, -0.1) is 6.58 Å². The summed E-state index contributed by atoms with van der Waals surface area (Å²) in [6, 6.07) is 6.44. The van der Waals surface area contributed by atoms with Crippen LogP contribution in [0.3, 0.4) is 0 Å². The molecule has 1 unspecified atom stereocenters. The Morgan fingerprint density at radius 2 is 1.74 bits per heavy atom. The van der Waals surface area contributed by atoms with Crippen LogP contribution in [0.2, 0.25) is 0 Å². The van der Waals surface area contributed by atoms with E-state index in [-0.39, 0.29) is 17.2 Å². The largest absolute Gasteiger partial charge is 0.454 e. The van der Waals surface area contributed by atoms with Crippen LogP contribution in [0, 0.1) is 5.92 Å². The van der Waals surface area contributed by atoms with Crippen LogP contribution in [0.1, 0.15) is 50.5 Å². The van der Waals surface area contributed by atoms with Gasteiger partial charge in [0.05, 0.1) is 0 Å². The first-order valence-corrected chi connectivity index (χ1v) is 9.02. The molecule has 0 aliphatic carbocycles. The Balaban J connectivity index is 2.72. The van der Waals surface area contributed by atoms with E-state index in [1.807, 2.05) is 12.1 Å². The number of carbonyl (C=O) groups excluding carboxylic acids is 3. The first-order chi connectivity index (χ1) is 12.6. The summed E-state index contributed by atoms with van der Waals surface area (Å²) in [7, 11) is 0. The molecular weight excluding hydrogens is 344 g/mol. The highest BCUT2D eigenvalue weighted by molar-refractivity contribution is 5.97. The van der Waals surface area contributed by atoms with Crippen molar-refractivity contribution in [2.45, 2.75) is 46.1 Å². The third kappa shape index (κ3) is 7.25. The predicted octanol–water partition coefficient (Wildman–Crippen LogP) is 2.58. The number of carbonyl (C=O) groups is 3. The molecule has 0 aliphatic heterocycles. The average molecular weight is 374 g/mol. The van der Waals surface area contributed by atoms with Crippen LogP contribution in [-0.2, 0) is 19.7 Å². The summed E-state index contributed by atoms with van der Waals surface area (Å²) in [5, 5.41) is 5.21. The van der Waals surface area contributed by atoms with E-state index in [4.69, 9.17) is 4.74 Å². The van der Waals surface area contributed by atoms with E-state index in [1.54, 1.807) is 26.0 Å². The highest BCUT2D eigenvalue weighted by atomic mass is 16.5. The van der Waals surface area contributed by atoms with E-state index in [2.05, 4.69) is 38.0 Å². The van der Waals surface area contributed by atoms with E-state index in [1.165, 1.54) is 6.08 Å². The molecule has 0 aromatic heterocycles. The lowest BCUT2D eigenvalue weighted by Crippen LogP contribution is -2.46. The molecule has 1 atom stereocenters. The topological polar surface area (TPSA) is 84.5 Å². The van der Waals surface area contributed by atoms with Crippen LogP contribution in [0.4, 0.5) is 0 Å². The zero-order valence-electron chi connectivity index (χ0n) is 16.8. The maximum absolute atomic E-state index is 12.5. The minimum Gasteiger partial charge on any atom is -0.454 e. The lowest BCUT2D eigenvalue weighted by Gasteiger charge is -2.22. The second-order valence-corrected chi connectivity index (χ2v) is 7.72. The Hall–Kier alpha value is -2.63. The summed E-state index contributed by atoms with van der Waals surface area (Å²) in [5.74, 6) is -1.61. The summed E-state index contributed by atoms with van der Waals surface area (Å²) in [6.45, 7) is 13.3. The number of ether oxygens (including phenoxy) is 1. The van der Waals surface area contributed by atoms with Crippen LogP contribution in [-0.4, -0.2) is 37.0 Å². The number of amides is 2. The van der Waals surface area contributed by atoms with Crippen molar-refractivity contribution in [1.29, 1.82) is 0 Å². The molecule has 0 bridgehead atoms. The van der Waals surface area contributed by atoms with Gasteiger partial charge in [-0.25, -0.2) is 4.79 Å². The molecule has 6 heteroatoms. The molecule has 1 aromatic rings. The summed E-state index contributed by atoms with van der Waals surface area (Å²) >= 11 is 0. The van der Waals surface area contributed by atoms with Gasteiger partial charge in [0.15, 0.2) is 6.61 Å². The van der Waals surface area contributed by atoms with E-state index >= 15 is 0 Å². The normalized spacial score (nSPS) is 12.2. The fraction of sp³-hybridized carbons (Fsp3) is 0.476. The molecule has 0 saturated heterocycles. The number of benzene rings is 1. The van der Waals surface area contributed by atoms with Crippen molar-refractivity contribution in [3.8, 4) is 0 Å². The minimum atomic E-state index is -0.841. The second kappa shape index (κ2) is 9.90. The molecule has 1 rings (SSSR count). The molecule has 0 saturated carbocycles. The van der Waals surface area contributed by atoms with Gasteiger partial charge in [-0.3, -0.25) is 9.59 Å². The molecular formula is C21H30N2O4. The Labute approximate surface area is 161 Å². The number of hydrogen-bond acceptors (Lipinski definition) is 4. The minimum absolute atomic E-state index is 0.00848. The zero-order valence-corrected chi connectivity index (χ0v) is 16.8. The number of nitrogens with one attached hydrogen (secondary N) is 2. The zero-order chi connectivity index (χ0) is 20.6. The molecule has 1 aromatic carbocycles. The summed E-state index contributed by atoms with van der Waals surface area (Å²) in [4.78, 5) is 36.3. The molecule has 2 amide bonds. The summed E-state index contributed by atoms with van der Waals surface area (Å²) in [6.07, 6.45) is 1.53. The lowest BCUT2D eigenvalue weighted by atomic mass is 9.86. The van der Waals surface area contributed by atoms with Crippen LogP contribution >= 0.6 is 0 Å². The summed E-state index contributed by atoms with van der Waals surface area (Å²) < 4.78 is 5.02. The van der Waals surface area contributed by atoms with Gasteiger partial charge in [-0.05, 0) is 29.0 Å². The van der Waals surface area contributed by atoms with Crippen molar-refractivity contribution in [2.24, 2.45) is 5.92 Å². The van der Waals surface area contributed by atoms with Gasteiger partial charge >= 0.3 is 5.97 Å². The molecule has 0 aliphatic rings. The standard InChI is InChI=1S/C21H30N2O4/c1-7-12-22-17(24)13-27-20(26)18(14(2)3)23-19(25)15-8-10-16(11-9-15)21(4,5)6/h7-11,14,18H,1,12-13H2,2-6H3,(H,22,24)(H,23,25). The van der Waals surface area contributed by atoms with Crippen molar-refractivity contribution < 1.29 is 19.1 Å². The van der Waals surface area contributed by atoms with Crippen molar-refractivity contribution in [3.63, 3.8) is 0 Å². The number of rotatable bonds is 8. The van der Waals surface area contributed by atoms with Crippen LogP contribution in [0.15, 0.2) is 36.9 Å². The van der Waals surface area contributed by atoms with Gasteiger partial charge in [0.2, 0.25) is 0 Å². The lowest BCUT2D eigenvalue weighted by molar-refractivity contribution is -0.151. The highest BCUT2D eigenvalue weighted by Gasteiger charge is 2.27. The van der Waals surface area contributed by atoms with E-state index in [0.717, 1.165) is 5.56 Å². The fourth-order valence-electron chi connectivity index (χ4n) is 2.31. The van der Waals surface area contributed by atoms with E-state index in [0.29, 0.717) is 12.1 Å². The maximum Gasteiger partial charge on any atom is 0.329 e. The monoisotopic (exact) mass is 374 g/mol. The number of esters is 1. The third-order valence-corrected chi connectivity index (χ3v) is 4.01. The first-order valence-electron chi connectivity index (χ1n) is 9.02. The Morgan fingerprint density at radius 1 is 1.15 bits per heavy atom. The Bertz CT molecular complexity index is 672. The van der Waals surface area contributed by atoms with Crippen LogP contribution in [0.5, 0.6) is 0 Å². The predicted molar refractivity (Wildman–Crippen MR) is 105 cm³/mol. The fourth-order valence-corrected chi connectivity index (χ4v) is 2.31. The smallest absolute Gasteiger partial charge is 0.329 e. The van der Waals surface area contributed by atoms with E-state index in [9.17, 15) is 14.4 Å². The Morgan fingerprint density at radius 3 is 2.22 bits per heavy atom. The molecule has 27 heavy (non-hydrogen) atoms. The van der Waals surface area contributed by atoms with Crippen LogP contribution in [0.25, 0.3) is 0 Å². The first kappa shape index (κ1) is 22.4. The molecule has 0 heterocycles. The van der Waals surface area contributed by atoms with Gasteiger partial charge < -0.3 is 15.4 Å². The van der Waals surface area contributed by atoms with Gasteiger partial charge in [0, 0.05) is 12.1 Å². The molecule has 0 fully saturated rings. The molecule has 6 nitrogen and oxygen atoms in total. The molecule has 148 valence electrons. The van der Waals surface area contributed by atoms with Crippen molar-refractivity contribution >= 4 is 17.8 Å². The van der Waals surface area contributed by atoms with Crippen molar-refractivity contribution in [1.82, 2.24) is 10.6 Å². The highest BCUT2D eigenvalue weighted by Crippen LogP contribution is 2.22. The SMILES string of the molecule is C=CCNC(=O)COC(=O)C(NC(=O)c1ccc(C(C)(C)C)cc1)C(C)C. The van der Waals surface area contributed by atoms with Gasteiger partial charge in [-0.1, -0.05) is 52.8 Å². The quantitative estimate of drug-likeness (QED) is 0.541. The molecule has 0 radical (unpaired) electrons. The average Bonchev–Trinajstić information content (AvgIpc) is 2.61. The molecule has 2 N–H and O–H groups in total. The summed E-state index contributed by atoms with van der Waals surface area (Å²) in [5.41, 5.74) is 1.57. The van der Waals surface area contributed by atoms with Crippen molar-refractivity contribution in [3.05, 3.63) is 48.0 Å². The van der Waals surface area contributed by atoms with Gasteiger partial charge in [0.25, 0.3) is 11.8 Å². The van der Waals surface area contributed by atoms with Gasteiger partial charge in [0.1, 0.15) is 6.04 Å². The van der Waals surface area contributed by atoms with Crippen molar-refractivity contribution in [2.75, 3.05) is 13.2 Å². The maximum atomic E-state index is 12.5. The second-order valence-electron chi connectivity index (χ2n) is 7.72. The third-order valence-electron chi connectivity index (χ3n) is 4.01. The Kier molecular flexibility index (Phi) is 8.22. The number of hydrogen-bond donors (Lipinski definition) is 2. The van der Waals surface area contributed by atoms with Crippen LogP contribution < -0.4 is 10.6 Å². The van der Waals surface area contributed by atoms with Gasteiger partial charge in [-0.2, -0.15) is 0 Å².